The van der Waals surface area contributed by atoms with Crippen LogP contribution in [0.25, 0.3) is 0 Å². The average molecular weight is 269 g/mol. The minimum absolute atomic E-state index is 0.0454. The van der Waals surface area contributed by atoms with E-state index < -0.39 is 10.7 Å². The van der Waals surface area contributed by atoms with Crippen molar-refractivity contribution < 1.29 is 14.1 Å². The monoisotopic (exact) mass is 269 g/mol. The summed E-state index contributed by atoms with van der Waals surface area (Å²) < 4.78 is 18.6. The lowest BCUT2D eigenvalue weighted by Crippen LogP contribution is -2.24. The number of methoxy groups -OCH3 is 1. The summed E-state index contributed by atoms with van der Waals surface area (Å²) in [5, 5.41) is 16.9. The predicted molar refractivity (Wildman–Crippen MR) is 69.1 cm³/mol. The number of benzene rings is 1. The Bertz CT molecular complexity index is 478. The Labute approximate surface area is 110 Å². The number of halogens is 1. The molecule has 0 bridgehead atoms. The number of ether oxygens (including phenoxy) is 1. The van der Waals surface area contributed by atoms with Crippen LogP contribution in [0.1, 0.15) is 12.8 Å². The number of rotatable bonds is 7. The number of nitro benzene ring substituents is 1. The van der Waals surface area contributed by atoms with Gasteiger partial charge in [-0.1, -0.05) is 0 Å². The van der Waals surface area contributed by atoms with Crippen LogP contribution in [0.5, 0.6) is 5.75 Å². The van der Waals surface area contributed by atoms with Gasteiger partial charge in [0.05, 0.1) is 23.8 Å². The van der Waals surface area contributed by atoms with Crippen LogP contribution < -0.4 is 15.4 Å². The standard InChI is InChI=1S/C12H16FN3O3/c1-19-12-7-10(9(13)6-11(12)16(17)18)15-5-4-14-8-2-3-8/h6-8,14-15H,2-5H2,1H3. The van der Waals surface area contributed by atoms with Crippen LogP contribution in [0, 0.1) is 15.9 Å². The molecule has 0 unspecified atom stereocenters. The molecule has 1 aliphatic rings. The lowest BCUT2D eigenvalue weighted by molar-refractivity contribution is -0.385. The second-order valence-corrected chi connectivity index (χ2v) is 4.42. The highest BCUT2D eigenvalue weighted by atomic mass is 19.1. The van der Waals surface area contributed by atoms with Gasteiger partial charge in [-0.25, -0.2) is 4.39 Å². The zero-order chi connectivity index (χ0) is 13.8. The number of hydrogen-bond donors (Lipinski definition) is 2. The zero-order valence-electron chi connectivity index (χ0n) is 10.6. The molecule has 2 N–H and O–H groups in total. The highest BCUT2D eigenvalue weighted by molar-refractivity contribution is 5.59. The van der Waals surface area contributed by atoms with Crippen molar-refractivity contribution in [2.24, 2.45) is 0 Å². The number of nitrogens with one attached hydrogen (secondary N) is 2. The molecule has 104 valence electrons. The van der Waals surface area contributed by atoms with Crippen molar-refractivity contribution in [1.82, 2.24) is 5.32 Å². The normalized spacial score (nSPS) is 14.2. The number of hydrogen-bond acceptors (Lipinski definition) is 5. The number of anilines is 1. The lowest BCUT2D eigenvalue weighted by atomic mass is 10.2. The Balaban J connectivity index is 2.00. The predicted octanol–water partition coefficient (Wildman–Crippen LogP) is 1.91. The maximum atomic E-state index is 13.7. The summed E-state index contributed by atoms with van der Waals surface area (Å²) >= 11 is 0. The fraction of sp³-hybridized carbons (Fsp3) is 0.500. The fourth-order valence-electron chi connectivity index (χ4n) is 1.75. The van der Waals surface area contributed by atoms with Crippen molar-refractivity contribution >= 4 is 11.4 Å². The number of nitro groups is 1. The van der Waals surface area contributed by atoms with Gasteiger partial charge in [0, 0.05) is 25.2 Å². The van der Waals surface area contributed by atoms with E-state index in [2.05, 4.69) is 10.6 Å². The summed E-state index contributed by atoms with van der Waals surface area (Å²) in [6, 6.07) is 2.78. The van der Waals surface area contributed by atoms with Crippen LogP contribution in [0.15, 0.2) is 12.1 Å². The Kier molecular flexibility index (Phi) is 4.16. The molecule has 1 aromatic carbocycles. The molecule has 7 heteroatoms. The molecule has 0 radical (unpaired) electrons. The van der Waals surface area contributed by atoms with Gasteiger partial charge in [0.2, 0.25) is 0 Å². The zero-order valence-corrected chi connectivity index (χ0v) is 10.6. The molecule has 0 spiro atoms. The molecule has 19 heavy (non-hydrogen) atoms. The summed E-state index contributed by atoms with van der Waals surface area (Å²) in [5.41, 5.74) is -0.165. The minimum atomic E-state index is -0.666. The molecule has 2 rings (SSSR count). The van der Waals surface area contributed by atoms with Crippen LogP contribution in [-0.2, 0) is 0 Å². The molecule has 1 saturated carbocycles. The van der Waals surface area contributed by atoms with Crippen LogP contribution in [0.4, 0.5) is 15.8 Å². The Morgan fingerprint density at radius 3 is 2.79 bits per heavy atom. The Morgan fingerprint density at radius 2 is 2.21 bits per heavy atom. The molecule has 0 amide bonds. The van der Waals surface area contributed by atoms with Gasteiger partial charge in [-0.2, -0.15) is 0 Å². The topological polar surface area (TPSA) is 76.4 Å². The van der Waals surface area contributed by atoms with E-state index in [0.29, 0.717) is 12.6 Å². The first kappa shape index (κ1) is 13.5. The van der Waals surface area contributed by atoms with Gasteiger partial charge in [0.25, 0.3) is 0 Å². The van der Waals surface area contributed by atoms with E-state index >= 15 is 0 Å². The van der Waals surface area contributed by atoms with Crippen molar-refractivity contribution in [3.8, 4) is 5.75 Å². The van der Waals surface area contributed by atoms with Crippen molar-refractivity contribution in [2.75, 3.05) is 25.5 Å². The van der Waals surface area contributed by atoms with Crippen LogP contribution in [-0.4, -0.2) is 31.2 Å². The first-order valence-corrected chi connectivity index (χ1v) is 6.11. The molecule has 0 saturated heterocycles. The summed E-state index contributed by atoms with van der Waals surface area (Å²) in [5.74, 6) is -0.608. The average Bonchev–Trinajstić information content (AvgIpc) is 3.19. The smallest absolute Gasteiger partial charge is 0.313 e. The SMILES string of the molecule is COc1cc(NCCNC2CC2)c(F)cc1[N+](=O)[O-]. The molecule has 0 aliphatic heterocycles. The Hall–Kier alpha value is -1.89. The van der Waals surface area contributed by atoms with E-state index in [-0.39, 0.29) is 17.1 Å². The van der Waals surface area contributed by atoms with Gasteiger partial charge in [0.15, 0.2) is 11.6 Å². The third-order valence-electron chi connectivity index (χ3n) is 2.92. The molecule has 1 aliphatic carbocycles. The van der Waals surface area contributed by atoms with E-state index in [1.807, 2.05) is 0 Å². The van der Waals surface area contributed by atoms with Crippen molar-refractivity contribution in [1.29, 1.82) is 0 Å². The summed E-state index contributed by atoms with van der Waals surface area (Å²) in [4.78, 5) is 10.0. The van der Waals surface area contributed by atoms with E-state index in [1.54, 1.807) is 0 Å². The van der Waals surface area contributed by atoms with E-state index in [0.717, 1.165) is 12.6 Å². The highest BCUT2D eigenvalue weighted by Gasteiger charge is 2.20. The van der Waals surface area contributed by atoms with E-state index in [9.17, 15) is 14.5 Å². The maximum Gasteiger partial charge on any atom is 0.313 e. The molecule has 1 aromatic rings. The molecule has 0 atom stereocenters. The third kappa shape index (κ3) is 3.54. The summed E-state index contributed by atoms with van der Waals surface area (Å²) in [6.45, 7) is 1.28. The largest absolute Gasteiger partial charge is 0.490 e. The molecular weight excluding hydrogens is 253 g/mol. The van der Waals surface area contributed by atoms with Crippen LogP contribution >= 0.6 is 0 Å². The van der Waals surface area contributed by atoms with Crippen molar-refractivity contribution in [3.63, 3.8) is 0 Å². The van der Waals surface area contributed by atoms with Gasteiger partial charge in [-0.3, -0.25) is 10.1 Å². The summed E-state index contributed by atoms with van der Waals surface area (Å²) in [7, 11) is 1.32. The van der Waals surface area contributed by atoms with Gasteiger partial charge < -0.3 is 15.4 Å². The van der Waals surface area contributed by atoms with Gasteiger partial charge in [-0.15, -0.1) is 0 Å². The van der Waals surface area contributed by atoms with Gasteiger partial charge in [-0.05, 0) is 12.8 Å². The van der Waals surface area contributed by atoms with Crippen LogP contribution in [0.3, 0.4) is 0 Å². The van der Waals surface area contributed by atoms with Crippen LogP contribution in [0.2, 0.25) is 0 Å². The molecular formula is C12H16FN3O3. The Morgan fingerprint density at radius 1 is 1.47 bits per heavy atom. The minimum Gasteiger partial charge on any atom is -0.490 e. The lowest BCUT2D eigenvalue weighted by Gasteiger charge is -2.10. The van der Waals surface area contributed by atoms with E-state index in [1.165, 1.54) is 26.0 Å². The van der Waals surface area contributed by atoms with Gasteiger partial charge >= 0.3 is 5.69 Å². The quantitative estimate of drug-likeness (QED) is 0.449. The van der Waals surface area contributed by atoms with Crippen molar-refractivity contribution in [2.45, 2.75) is 18.9 Å². The second kappa shape index (κ2) is 5.83. The van der Waals surface area contributed by atoms with E-state index in [4.69, 9.17) is 4.74 Å². The van der Waals surface area contributed by atoms with Gasteiger partial charge in [0.1, 0.15) is 0 Å². The third-order valence-corrected chi connectivity index (χ3v) is 2.92. The number of nitrogens with zero attached hydrogens (tertiary/aromatic N) is 1. The molecule has 0 aromatic heterocycles. The first-order valence-electron chi connectivity index (χ1n) is 6.11. The molecule has 0 heterocycles. The maximum absolute atomic E-state index is 13.7. The summed E-state index contributed by atoms with van der Waals surface area (Å²) in [6.07, 6.45) is 2.39. The first-order chi connectivity index (χ1) is 9.11. The molecule has 6 nitrogen and oxygen atoms in total. The van der Waals surface area contributed by atoms with Crippen molar-refractivity contribution in [3.05, 3.63) is 28.1 Å². The second-order valence-electron chi connectivity index (χ2n) is 4.42. The molecule has 1 fully saturated rings. The fourth-order valence-corrected chi connectivity index (χ4v) is 1.75. The highest BCUT2D eigenvalue weighted by Crippen LogP contribution is 2.32.